The maximum absolute atomic E-state index is 4.61. The minimum atomic E-state index is 0.826. The van der Waals surface area contributed by atoms with Gasteiger partial charge in [0.15, 0.2) is 0 Å². The molecular formula is C12H21N3S. The largest absolute Gasteiger partial charge is 0.319 e. The molecule has 16 heavy (non-hydrogen) atoms. The predicted molar refractivity (Wildman–Crippen MR) is 68.9 cm³/mol. The Morgan fingerprint density at radius 1 is 1.50 bits per heavy atom. The lowest BCUT2D eigenvalue weighted by Crippen LogP contribution is -2.24. The fraction of sp³-hybridized carbons (Fsp3) is 0.750. The van der Waals surface area contributed by atoms with Crippen LogP contribution in [0.1, 0.15) is 22.0 Å². The van der Waals surface area contributed by atoms with Gasteiger partial charge in [-0.3, -0.25) is 4.90 Å². The quantitative estimate of drug-likeness (QED) is 0.868. The third-order valence-corrected chi connectivity index (χ3v) is 4.35. The third-order valence-electron chi connectivity index (χ3n) is 3.29. The Bertz CT molecular complexity index is 329. The number of hydrogen-bond donors (Lipinski definition) is 1. The highest BCUT2D eigenvalue weighted by molar-refractivity contribution is 7.11. The molecule has 0 aromatic carbocycles. The maximum Gasteiger partial charge on any atom is 0.107 e. The summed E-state index contributed by atoms with van der Waals surface area (Å²) < 4.78 is 0. The highest BCUT2D eigenvalue weighted by atomic mass is 32.1. The van der Waals surface area contributed by atoms with E-state index in [0.717, 1.165) is 19.0 Å². The van der Waals surface area contributed by atoms with Crippen LogP contribution < -0.4 is 5.32 Å². The van der Waals surface area contributed by atoms with E-state index in [1.165, 1.54) is 35.1 Å². The molecule has 4 heteroatoms. The van der Waals surface area contributed by atoms with Crippen molar-refractivity contribution in [2.45, 2.75) is 26.8 Å². The first-order valence-corrected chi connectivity index (χ1v) is 6.80. The number of hydrogen-bond acceptors (Lipinski definition) is 4. The first-order chi connectivity index (χ1) is 7.69. The molecule has 2 heterocycles. The van der Waals surface area contributed by atoms with E-state index in [2.05, 4.69) is 29.0 Å². The molecule has 1 aromatic heterocycles. The molecule has 1 unspecified atom stereocenters. The number of likely N-dealkylation sites (tertiary alicyclic amines) is 1. The van der Waals surface area contributed by atoms with Crippen molar-refractivity contribution in [2.24, 2.45) is 5.92 Å². The molecule has 1 fully saturated rings. The van der Waals surface area contributed by atoms with Crippen LogP contribution in [0.15, 0.2) is 0 Å². The lowest BCUT2D eigenvalue weighted by Gasteiger charge is -2.13. The van der Waals surface area contributed by atoms with E-state index in [9.17, 15) is 0 Å². The summed E-state index contributed by atoms with van der Waals surface area (Å²) >= 11 is 1.85. The molecular weight excluding hydrogens is 218 g/mol. The second-order valence-electron chi connectivity index (χ2n) is 4.70. The summed E-state index contributed by atoms with van der Waals surface area (Å²) in [7, 11) is 2.04. The second kappa shape index (κ2) is 5.25. The van der Waals surface area contributed by atoms with E-state index < -0.39 is 0 Å². The molecule has 0 spiro atoms. The van der Waals surface area contributed by atoms with Crippen LogP contribution in [0.2, 0.25) is 0 Å². The topological polar surface area (TPSA) is 28.2 Å². The van der Waals surface area contributed by atoms with Crippen molar-refractivity contribution in [3.8, 4) is 0 Å². The van der Waals surface area contributed by atoms with Gasteiger partial charge in [-0.2, -0.15) is 0 Å². The third kappa shape index (κ3) is 2.81. The van der Waals surface area contributed by atoms with Gasteiger partial charge in [-0.05, 0) is 46.3 Å². The minimum absolute atomic E-state index is 0.826. The molecule has 1 aromatic rings. The fourth-order valence-corrected chi connectivity index (χ4v) is 3.29. The molecule has 90 valence electrons. The Morgan fingerprint density at radius 3 is 2.94 bits per heavy atom. The van der Waals surface area contributed by atoms with Gasteiger partial charge >= 0.3 is 0 Å². The van der Waals surface area contributed by atoms with Gasteiger partial charge in [0.05, 0.1) is 12.2 Å². The lowest BCUT2D eigenvalue weighted by molar-refractivity contribution is 0.315. The Morgan fingerprint density at radius 2 is 2.31 bits per heavy atom. The van der Waals surface area contributed by atoms with Gasteiger partial charge in [0.2, 0.25) is 0 Å². The van der Waals surface area contributed by atoms with Crippen molar-refractivity contribution in [1.82, 2.24) is 15.2 Å². The van der Waals surface area contributed by atoms with Gasteiger partial charge < -0.3 is 5.32 Å². The van der Waals surface area contributed by atoms with Crippen LogP contribution in [0.5, 0.6) is 0 Å². The van der Waals surface area contributed by atoms with Crippen molar-refractivity contribution in [1.29, 1.82) is 0 Å². The number of aromatic nitrogens is 1. The summed E-state index contributed by atoms with van der Waals surface area (Å²) in [6.07, 6.45) is 1.32. The van der Waals surface area contributed by atoms with Gasteiger partial charge in [0.1, 0.15) is 5.01 Å². The van der Waals surface area contributed by atoms with Gasteiger partial charge in [-0.15, -0.1) is 11.3 Å². The van der Waals surface area contributed by atoms with Gasteiger partial charge in [-0.25, -0.2) is 4.98 Å². The van der Waals surface area contributed by atoms with Crippen LogP contribution in [0.4, 0.5) is 0 Å². The number of thiazole rings is 1. The Balaban J connectivity index is 1.87. The number of nitrogens with zero attached hydrogens (tertiary/aromatic N) is 2. The second-order valence-corrected chi connectivity index (χ2v) is 5.98. The van der Waals surface area contributed by atoms with E-state index in [1.54, 1.807) is 0 Å². The SMILES string of the molecule is CNCC1CCN(Cc2nc(C)c(C)s2)C1. The molecule has 0 bridgehead atoms. The molecule has 2 rings (SSSR count). The fourth-order valence-electron chi connectivity index (χ4n) is 2.31. The maximum atomic E-state index is 4.61. The highest BCUT2D eigenvalue weighted by Gasteiger charge is 2.22. The summed E-state index contributed by atoms with van der Waals surface area (Å²) in [5, 5.41) is 4.55. The molecule has 1 N–H and O–H groups in total. The van der Waals surface area contributed by atoms with Crippen molar-refractivity contribution in [2.75, 3.05) is 26.7 Å². The molecule has 1 aliphatic heterocycles. The van der Waals surface area contributed by atoms with E-state index in [0.29, 0.717) is 0 Å². The zero-order valence-electron chi connectivity index (χ0n) is 10.4. The van der Waals surface area contributed by atoms with Crippen LogP contribution in [0.3, 0.4) is 0 Å². The minimum Gasteiger partial charge on any atom is -0.319 e. The zero-order chi connectivity index (χ0) is 11.5. The smallest absolute Gasteiger partial charge is 0.107 e. The van der Waals surface area contributed by atoms with Crippen molar-refractivity contribution in [3.63, 3.8) is 0 Å². The average Bonchev–Trinajstić information content (AvgIpc) is 2.77. The molecule has 0 saturated carbocycles. The van der Waals surface area contributed by atoms with Crippen LogP contribution in [-0.4, -0.2) is 36.6 Å². The Hall–Kier alpha value is -0.450. The first-order valence-electron chi connectivity index (χ1n) is 5.99. The van der Waals surface area contributed by atoms with E-state index in [-0.39, 0.29) is 0 Å². The van der Waals surface area contributed by atoms with E-state index in [4.69, 9.17) is 0 Å². The van der Waals surface area contributed by atoms with Gasteiger partial charge in [-0.1, -0.05) is 0 Å². The molecule has 3 nitrogen and oxygen atoms in total. The molecule has 1 aliphatic rings. The van der Waals surface area contributed by atoms with Gasteiger partial charge in [0, 0.05) is 11.4 Å². The van der Waals surface area contributed by atoms with Crippen molar-refractivity contribution in [3.05, 3.63) is 15.6 Å². The Kier molecular flexibility index (Phi) is 3.95. The summed E-state index contributed by atoms with van der Waals surface area (Å²) in [5.74, 6) is 0.826. The lowest BCUT2D eigenvalue weighted by atomic mass is 10.1. The van der Waals surface area contributed by atoms with Crippen molar-refractivity contribution >= 4 is 11.3 Å². The summed E-state index contributed by atoms with van der Waals surface area (Å²) in [5.41, 5.74) is 1.20. The molecule has 0 amide bonds. The highest BCUT2D eigenvalue weighted by Crippen LogP contribution is 2.22. The van der Waals surface area contributed by atoms with Gasteiger partial charge in [0.25, 0.3) is 0 Å². The first kappa shape index (κ1) is 12.0. The molecule has 0 radical (unpaired) electrons. The Labute approximate surface area is 102 Å². The normalized spacial score (nSPS) is 21.8. The van der Waals surface area contributed by atoms with Crippen LogP contribution in [0.25, 0.3) is 0 Å². The average molecular weight is 239 g/mol. The van der Waals surface area contributed by atoms with Crippen LogP contribution in [0, 0.1) is 19.8 Å². The number of nitrogens with one attached hydrogen (secondary N) is 1. The molecule has 1 saturated heterocycles. The van der Waals surface area contributed by atoms with E-state index >= 15 is 0 Å². The predicted octanol–water partition coefficient (Wildman–Crippen LogP) is 1.80. The zero-order valence-corrected chi connectivity index (χ0v) is 11.2. The molecule has 0 aliphatic carbocycles. The summed E-state index contributed by atoms with van der Waals surface area (Å²) in [4.78, 5) is 8.50. The van der Waals surface area contributed by atoms with Crippen molar-refractivity contribution < 1.29 is 0 Å². The molecule has 1 atom stereocenters. The monoisotopic (exact) mass is 239 g/mol. The number of aryl methyl sites for hydroxylation is 2. The number of rotatable bonds is 4. The van der Waals surface area contributed by atoms with E-state index in [1.807, 2.05) is 18.4 Å². The van der Waals surface area contributed by atoms with Crippen LogP contribution >= 0.6 is 11.3 Å². The van der Waals surface area contributed by atoms with Crippen LogP contribution in [-0.2, 0) is 6.54 Å². The summed E-state index contributed by atoms with van der Waals surface area (Å²) in [6, 6.07) is 0. The summed E-state index contributed by atoms with van der Waals surface area (Å²) in [6.45, 7) is 8.89. The standard InChI is InChI=1S/C12H21N3S/c1-9-10(2)16-12(14-9)8-15-5-4-11(7-15)6-13-3/h11,13H,4-8H2,1-3H3.